The van der Waals surface area contributed by atoms with Crippen molar-refractivity contribution in [3.63, 3.8) is 0 Å². The van der Waals surface area contributed by atoms with Gasteiger partial charge in [0.2, 0.25) is 0 Å². The van der Waals surface area contributed by atoms with E-state index in [2.05, 4.69) is 15.5 Å². The van der Waals surface area contributed by atoms with Crippen molar-refractivity contribution in [1.29, 1.82) is 0 Å². The lowest BCUT2D eigenvalue weighted by atomic mass is 10.1. The maximum atomic E-state index is 12.0. The van der Waals surface area contributed by atoms with Crippen LogP contribution >= 0.6 is 11.3 Å². The fourth-order valence-corrected chi connectivity index (χ4v) is 2.09. The molecule has 1 unspecified atom stereocenters. The van der Waals surface area contributed by atoms with Crippen molar-refractivity contribution in [2.45, 2.75) is 6.04 Å². The Kier molecular flexibility index (Phi) is 4.09. The minimum Gasteiger partial charge on any atom is -0.409 e. The van der Waals surface area contributed by atoms with Crippen molar-refractivity contribution >= 4 is 23.1 Å². The highest BCUT2D eigenvalue weighted by Gasteiger charge is 2.20. The number of hydrogen-bond acceptors (Lipinski definition) is 5. The summed E-state index contributed by atoms with van der Waals surface area (Å²) in [5, 5.41) is 16.1. The van der Waals surface area contributed by atoms with Crippen LogP contribution in [0.5, 0.6) is 0 Å². The van der Waals surface area contributed by atoms with Crippen LogP contribution in [0.2, 0.25) is 0 Å². The van der Waals surface area contributed by atoms with Crippen molar-refractivity contribution in [3.05, 3.63) is 52.5 Å². The van der Waals surface area contributed by atoms with Gasteiger partial charge in [0.15, 0.2) is 5.84 Å². The zero-order chi connectivity index (χ0) is 13.7. The first-order valence-electron chi connectivity index (χ1n) is 5.44. The van der Waals surface area contributed by atoms with E-state index in [0.717, 1.165) is 5.56 Å². The summed E-state index contributed by atoms with van der Waals surface area (Å²) < 4.78 is 0. The van der Waals surface area contributed by atoms with E-state index in [0.29, 0.717) is 5.69 Å². The molecule has 0 fully saturated rings. The molecule has 2 aromatic rings. The van der Waals surface area contributed by atoms with E-state index in [9.17, 15) is 4.79 Å². The maximum Gasteiger partial charge on any atom is 0.271 e. The van der Waals surface area contributed by atoms with Gasteiger partial charge in [-0.2, -0.15) is 0 Å². The normalized spacial score (nSPS) is 12.9. The van der Waals surface area contributed by atoms with Crippen molar-refractivity contribution in [2.24, 2.45) is 10.9 Å². The van der Waals surface area contributed by atoms with Gasteiger partial charge >= 0.3 is 0 Å². The number of amides is 1. The predicted molar refractivity (Wildman–Crippen MR) is 72.2 cm³/mol. The summed E-state index contributed by atoms with van der Waals surface area (Å²) >= 11 is 1.32. The minimum atomic E-state index is -0.694. The molecule has 1 atom stereocenters. The average Bonchev–Trinajstić information content (AvgIpc) is 2.99. The van der Waals surface area contributed by atoms with Gasteiger partial charge in [0.05, 0.1) is 5.51 Å². The van der Waals surface area contributed by atoms with Gasteiger partial charge in [-0.25, -0.2) is 4.98 Å². The molecule has 0 aliphatic rings. The molecule has 1 amide bonds. The fraction of sp³-hybridized carbons (Fsp3) is 0.0833. The first-order valence-corrected chi connectivity index (χ1v) is 6.38. The lowest BCUT2D eigenvalue weighted by Crippen LogP contribution is -2.37. The van der Waals surface area contributed by atoms with Gasteiger partial charge < -0.3 is 16.3 Å². The largest absolute Gasteiger partial charge is 0.409 e. The number of oxime groups is 1. The molecule has 1 aromatic heterocycles. The van der Waals surface area contributed by atoms with Crippen LogP contribution in [0.25, 0.3) is 0 Å². The quantitative estimate of drug-likeness (QED) is 0.340. The monoisotopic (exact) mass is 276 g/mol. The SMILES string of the molecule is NC(=NO)C(NC(=O)c1cscn1)c1ccccc1. The first-order chi connectivity index (χ1) is 9.22. The third-order valence-electron chi connectivity index (χ3n) is 2.48. The summed E-state index contributed by atoms with van der Waals surface area (Å²) in [5.41, 5.74) is 8.21. The molecule has 1 aromatic carbocycles. The van der Waals surface area contributed by atoms with Crippen LogP contribution in [0.1, 0.15) is 22.1 Å². The molecule has 1 heterocycles. The zero-order valence-electron chi connectivity index (χ0n) is 9.85. The van der Waals surface area contributed by atoms with Crippen LogP contribution in [-0.2, 0) is 0 Å². The molecule has 98 valence electrons. The van der Waals surface area contributed by atoms with E-state index >= 15 is 0 Å². The molecule has 19 heavy (non-hydrogen) atoms. The van der Waals surface area contributed by atoms with Gasteiger partial charge in [0.25, 0.3) is 5.91 Å². The third-order valence-corrected chi connectivity index (χ3v) is 3.07. The van der Waals surface area contributed by atoms with Gasteiger partial charge in [0.1, 0.15) is 11.7 Å². The summed E-state index contributed by atoms with van der Waals surface area (Å²) in [6, 6.07) is 8.33. The number of aromatic nitrogens is 1. The Bertz CT molecular complexity index is 569. The number of nitrogens with one attached hydrogen (secondary N) is 1. The number of hydrogen-bond donors (Lipinski definition) is 3. The van der Waals surface area contributed by atoms with Crippen LogP contribution < -0.4 is 11.1 Å². The summed E-state index contributed by atoms with van der Waals surface area (Å²) in [6.45, 7) is 0. The van der Waals surface area contributed by atoms with E-state index in [4.69, 9.17) is 10.9 Å². The Hall–Kier alpha value is -2.41. The fourth-order valence-electron chi connectivity index (χ4n) is 1.56. The van der Waals surface area contributed by atoms with Gasteiger partial charge in [-0.3, -0.25) is 4.79 Å². The molecule has 0 aliphatic carbocycles. The molecule has 7 heteroatoms. The molecule has 0 spiro atoms. The molecule has 0 bridgehead atoms. The van der Waals surface area contributed by atoms with Crippen molar-refractivity contribution in [3.8, 4) is 0 Å². The number of thiazole rings is 1. The van der Waals surface area contributed by atoms with Crippen molar-refractivity contribution in [1.82, 2.24) is 10.3 Å². The highest BCUT2D eigenvalue weighted by molar-refractivity contribution is 7.07. The number of amidine groups is 1. The maximum absolute atomic E-state index is 12.0. The number of rotatable bonds is 4. The van der Waals surface area contributed by atoms with Crippen LogP contribution in [0.15, 0.2) is 46.4 Å². The third kappa shape index (κ3) is 3.08. The molecule has 6 nitrogen and oxygen atoms in total. The molecule has 4 N–H and O–H groups in total. The Morgan fingerprint density at radius 3 is 2.74 bits per heavy atom. The smallest absolute Gasteiger partial charge is 0.271 e. The number of carbonyl (C=O) groups excluding carboxylic acids is 1. The van der Waals surface area contributed by atoms with E-state index in [1.54, 1.807) is 23.0 Å². The lowest BCUT2D eigenvalue weighted by Gasteiger charge is -2.17. The van der Waals surface area contributed by atoms with E-state index in [1.165, 1.54) is 11.3 Å². The van der Waals surface area contributed by atoms with Crippen molar-refractivity contribution < 1.29 is 10.0 Å². The van der Waals surface area contributed by atoms with Crippen LogP contribution in [-0.4, -0.2) is 21.9 Å². The molecule has 2 rings (SSSR count). The zero-order valence-corrected chi connectivity index (χ0v) is 10.7. The minimum absolute atomic E-state index is 0.0882. The number of nitrogens with zero attached hydrogens (tertiary/aromatic N) is 2. The van der Waals surface area contributed by atoms with E-state index < -0.39 is 6.04 Å². The Morgan fingerprint density at radius 1 is 1.42 bits per heavy atom. The Morgan fingerprint density at radius 2 is 2.16 bits per heavy atom. The van der Waals surface area contributed by atoms with E-state index in [-0.39, 0.29) is 11.7 Å². The van der Waals surface area contributed by atoms with Gasteiger partial charge in [0, 0.05) is 5.38 Å². The van der Waals surface area contributed by atoms with Gasteiger partial charge in [-0.15, -0.1) is 11.3 Å². The molecule has 0 saturated carbocycles. The Labute approximate surface area is 113 Å². The first kappa shape index (κ1) is 13.0. The second kappa shape index (κ2) is 5.96. The summed E-state index contributed by atoms with van der Waals surface area (Å²) in [5.74, 6) is -0.462. The van der Waals surface area contributed by atoms with E-state index in [1.807, 2.05) is 18.2 Å². The number of benzene rings is 1. The summed E-state index contributed by atoms with van der Waals surface area (Å²) in [4.78, 5) is 15.9. The Balaban J connectivity index is 2.23. The highest BCUT2D eigenvalue weighted by atomic mass is 32.1. The lowest BCUT2D eigenvalue weighted by molar-refractivity contribution is 0.0941. The molecular weight excluding hydrogens is 264 g/mol. The van der Waals surface area contributed by atoms with Crippen LogP contribution in [0, 0.1) is 0 Å². The van der Waals surface area contributed by atoms with Crippen LogP contribution in [0.3, 0.4) is 0 Å². The number of carbonyl (C=O) groups is 1. The predicted octanol–water partition coefficient (Wildman–Crippen LogP) is 1.36. The summed E-state index contributed by atoms with van der Waals surface area (Å²) in [6.07, 6.45) is 0. The molecular formula is C12H12N4O2S. The van der Waals surface area contributed by atoms with Gasteiger partial charge in [-0.1, -0.05) is 35.5 Å². The molecule has 0 radical (unpaired) electrons. The average molecular weight is 276 g/mol. The number of nitrogens with two attached hydrogens (primary N) is 1. The standard InChI is InChI=1S/C12H12N4O2S/c13-11(16-18)10(8-4-2-1-3-5-8)15-12(17)9-6-19-7-14-9/h1-7,10,18H,(H2,13,16)(H,15,17). The molecule has 0 saturated heterocycles. The van der Waals surface area contributed by atoms with Crippen LogP contribution in [0.4, 0.5) is 0 Å². The van der Waals surface area contributed by atoms with Crippen molar-refractivity contribution in [2.75, 3.05) is 0 Å². The summed E-state index contributed by atoms with van der Waals surface area (Å²) in [7, 11) is 0. The second-order valence-electron chi connectivity index (χ2n) is 3.72. The topological polar surface area (TPSA) is 101 Å². The highest BCUT2D eigenvalue weighted by Crippen LogP contribution is 2.14. The van der Waals surface area contributed by atoms with Gasteiger partial charge in [-0.05, 0) is 5.56 Å². The second-order valence-corrected chi connectivity index (χ2v) is 4.43. The molecule has 0 aliphatic heterocycles.